The largest absolute Gasteiger partial charge is 0.469 e. The first-order valence-electron chi connectivity index (χ1n) is 6.29. The van der Waals surface area contributed by atoms with Gasteiger partial charge in [0.2, 0.25) is 0 Å². The van der Waals surface area contributed by atoms with Crippen LogP contribution in [0, 0.1) is 17.8 Å². The number of hydrogen-bond donors (Lipinski definition) is 0. The van der Waals surface area contributed by atoms with Crippen LogP contribution < -0.4 is 0 Å². The number of hydrogen-bond acceptors (Lipinski definition) is 4. The van der Waals surface area contributed by atoms with E-state index in [1.54, 1.807) is 0 Å². The minimum Gasteiger partial charge on any atom is -0.469 e. The van der Waals surface area contributed by atoms with Crippen LogP contribution in [0.25, 0.3) is 0 Å². The summed E-state index contributed by atoms with van der Waals surface area (Å²) in [5.74, 6) is -0.0524. The minimum atomic E-state index is -0.415. The molecule has 0 aromatic heterocycles. The zero-order valence-corrected chi connectivity index (χ0v) is 10.1. The second-order valence-electron chi connectivity index (χ2n) is 5.03. The van der Waals surface area contributed by atoms with Crippen LogP contribution in [0.15, 0.2) is 12.2 Å². The summed E-state index contributed by atoms with van der Waals surface area (Å²) in [5, 5.41) is 0. The highest BCUT2D eigenvalue weighted by Crippen LogP contribution is 2.52. The van der Waals surface area contributed by atoms with Crippen molar-refractivity contribution in [1.82, 2.24) is 0 Å². The zero-order valence-electron chi connectivity index (χ0n) is 10.1. The number of carbonyl (C=O) groups is 1. The van der Waals surface area contributed by atoms with E-state index in [4.69, 9.17) is 14.2 Å². The third-order valence-corrected chi connectivity index (χ3v) is 4.35. The molecule has 0 radical (unpaired) electrons. The van der Waals surface area contributed by atoms with Gasteiger partial charge in [-0.3, -0.25) is 4.79 Å². The summed E-state index contributed by atoms with van der Waals surface area (Å²) >= 11 is 0. The lowest BCUT2D eigenvalue weighted by Gasteiger charge is -2.35. The van der Waals surface area contributed by atoms with Crippen LogP contribution in [0.1, 0.15) is 19.3 Å². The molecule has 4 nitrogen and oxygen atoms in total. The van der Waals surface area contributed by atoms with E-state index in [0.717, 1.165) is 19.3 Å². The Kier molecular flexibility index (Phi) is 2.71. The van der Waals surface area contributed by atoms with Crippen LogP contribution in [0.4, 0.5) is 0 Å². The van der Waals surface area contributed by atoms with Gasteiger partial charge in [0.05, 0.1) is 26.2 Å². The maximum Gasteiger partial charge on any atom is 0.312 e. The van der Waals surface area contributed by atoms with Crippen molar-refractivity contribution < 1.29 is 19.0 Å². The molecular weight excluding hydrogens is 220 g/mol. The monoisotopic (exact) mass is 238 g/mol. The smallest absolute Gasteiger partial charge is 0.312 e. The summed E-state index contributed by atoms with van der Waals surface area (Å²) < 4.78 is 16.5. The fourth-order valence-corrected chi connectivity index (χ4v) is 3.60. The quantitative estimate of drug-likeness (QED) is 0.513. The molecule has 0 amide bonds. The second kappa shape index (κ2) is 4.10. The van der Waals surface area contributed by atoms with Crippen LogP contribution in [0.5, 0.6) is 0 Å². The number of rotatable bonds is 1. The predicted molar refractivity (Wildman–Crippen MR) is 60.1 cm³/mol. The Morgan fingerprint density at radius 2 is 2.18 bits per heavy atom. The lowest BCUT2D eigenvalue weighted by Crippen LogP contribution is -2.40. The Bertz CT molecular complexity index is 343. The Morgan fingerprint density at radius 1 is 1.41 bits per heavy atom. The number of ether oxygens (including phenoxy) is 3. The average Bonchev–Trinajstić information content (AvgIpc) is 2.98. The lowest BCUT2D eigenvalue weighted by atomic mass is 9.76. The minimum absolute atomic E-state index is 0.120. The van der Waals surface area contributed by atoms with E-state index < -0.39 is 5.79 Å². The third kappa shape index (κ3) is 1.62. The maximum absolute atomic E-state index is 11.8. The molecule has 1 aliphatic heterocycles. The van der Waals surface area contributed by atoms with E-state index in [1.165, 1.54) is 7.11 Å². The van der Waals surface area contributed by atoms with Crippen LogP contribution in [0.3, 0.4) is 0 Å². The summed E-state index contributed by atoms with van der Waals surface area (Å²) in [7, 11) is 1.45. The molecule has 3 atom stereocenters. The van der Waals surface area contributed by atoms with Crippen molar-refractivity contribution in [3.63, 3.8) is 0 Å². The van der Waals surface area contributed by atoms with Gasteiger partial charge < -0.3 is 14.2 Å². The van der Waals surface area contributed by atoms with Crippen molar-refractivity contribution >= 4 is 5.97 Å². The summed E-state index contributed by atoms with van der Waals surface area (Å²) in [6, 6.07) is 0. The van der Waals surface area contributed by atoms with Gasteiger partial charge in [0.15, 0.2) is 5.79 Å². The Hall–Kier alpha value is -0.870. The normalized spacial score (nSPS) is 38.3. The van der Waals surface area contributed by atoms with Gasteiger partial charge in [0.1, 0.15) is 0 Å². The fraction of sp³-hybridized carbons (Fsp3) is 0.769. The molecule has 0 aromatic rings. The molecule has 2 fully saturated rings. The molecule has 1 saturated carbocycles. The van der Waals surface area contributed by atoms with E-state index in [0.29, 0.717) is 25.0 Å². The lowest BCUT2D eigenvalue weighted by molar-refractivity contribution is -0.188. The summed E-state index contributed by atoms with van der Waals surface area (Å²) in [6.07, 6.45) is 6.88. The fourth-order valence-electron chi connectivity index (χ4n) is 3.60. The molecule has 0 unspecified atom stereocenters. The molecule has 0 bridgehead atoms. The summed E-state index contributed by atoms with van der Waals surface area (Å²) in [6.45, 7) is 1.35. The standard InChI is InChI=1S/C13H18O4/c1-15-12(14)10-3-2-4-11-9(10)5-6-13(11)16-7-8-17-13/h2-3,9-11H,4-8H2,1H3/t9-,10-,11+/m0/s1. The molecule has 3 aliphatic rings. The first-order valence-corrected chi connectivity index (χ1v) is 6.29. The third-order valence-electron chi connectivity index (χ3n) is 4.35. The van der Waals surface area contributed by atoms with Crippen molar-refractivity contribution in [3.05, 3.63) is 12.2 Å². The molecule has 0 N–H and O–H groups in total. The van der Waals surface area contributed by atoms with Gasteiger partial charge in [0.25, 0.3) is 0 Å². The van der Waals surface area contributed by atoms with E-state index in [9.17, 15) is 4.79 Å². The highest BCUT2D eigenvalue weighted by molar-refractivity contribution is 5.75. The van der Waals surface area contributed by atoms with Gasteiger partial charge in [-0.1, -0.05) is 12.2 Å². The molecule has 4 heteroatoms. The second-order valence-corrected chi connectivity index (χ2v) is 5.03. The van der Waals surface area contributed by atoms with Crippen LogP contribution >= 0.6 is 0 Å². The number of allylic oxidation sites excluding steroid dienone is 1. The Labute approximate surface area is 101 Å². The SMILES string of the molecule is COC(=O)[C@H]1C=CC[C@@H]2[C@H]1CCC21OCCO1. The van der Waals surface area contributed by atoms with E-state index in [-0.39, 0.29) is 11.9 Å². The molecule has 17 heavy (non-hydrogen) atoms. The van der Waals surface area contributed by atoms with Crippen LogP contribution in [-0.4, -0.2) is 32.1 Å². The van der Waals surface area contributed by atoms with Gasteiger partial charge in [0, 0.05) is 12.3 Å². The predicted octanol–water partition coefficient (Wildman–Crippen LogP) is 1.50. The van der Waals surface area contributed by atoms with Crippen molar-refractivity contribution in [2.45, 2.75) is 25.0 Å². The average molecular weight is 238 g/mol. The molecular formula is C13H18O4. The van der Waals surface area contributed by atoms with E-state index >= 15 is 0 Å². The van der Waals surface area contributed by atoms with Gasteiger partial charge in [-0.15, -0.1) is 0 Å². The zero-order chi connectivity index (χ0) is 11.9. The molecule has 0 aromatic carbocycles. The molecule has 1 spiro atoms. The molecule has 1 saturated heterocycles. The Balaban J connectivity index is 1.84. The van der Waals surface area contributed by atoms with Crippen molar-refractivity contribution in [1.29, 1.82) is 0 Å². The number of esters is 1. The summed E-state index contributed by atoms with van der Waals surface area (Å²) in [4.78, 5) is 11.8. The van der Waals surface area contributed by atoms with Gasteiger partial charge in [-0.2, -0.15) is 0 Å². The number of methoxy groups -OCH3 is 1. The van der Waals surface area contributed by atoms with Gasteiger partial charge >= 0.3 is 5.97 Å². The maximum atomic E-state index is 11.8. The molecule has 94 valence electrons. The van der Waals surface area contributed by atoms with Crippen LogP contribution in [-0.2, 0) is 19.0 Å². The van der Waals surface area contributed by atoms with Crippen LogP contribution in [0.2, 0.25) is 0 Å². The van der Waals surface area contributed by atoms with E-state index in [2.05, 4.69) is 6.08 Å². The van der Waals surface area contributed by atoms with Crippen molar-refractivity contribution in [2.24, 2.45) is 17.8 Å². The van der Waals surface area contributed by atoms with Gasteiger partial charge in [-0.25, -0.2) is 0 Å². The molecule has 3 rings (SSSR count). The van der Waals surface area contributed by atoms with Crippen molar-refractivity contribution in [2.75, 3.05) is 20.3 Å². The van der Waals surface area contributed by atoms with E-state index in [1.807, 2.05) is 6.08 Å². The highest BCUT2D eigenvalue weighted by Gasteiger charge is 2.55. The highest BCUT2D eigenvalue weighted by atomic mass is 16.7. The molecule has 1 heterocycles. The first kappa shape index (κ1) is 11.2. The number of fused-ring (bicyclic) bond motifs is 2. The summed E-state index contributed by atoms with van der Waals surface area (Å²) in [5.41, 5.74) is 0. The number of carbonyl (C=O) groups excluding carboxylic acids is 1. The first-order chi connectivity index (χ1) is 8.27. The van der Waals surface area contributed by atoms with Crippen molar-refractivity contribution in [3.8, 4) is 0 Å². The topological polar surface area (TPSA) is 44.8 Å². The van der Waals surface area contributed by atoms with Gasteiger partial charge in [-0.05, 0) is 18.8 Å². The molecule has 2 aliphatic carbocycles. The Morgan fingerprint density at radius 3 is 2.88 bits per heavy atom.